The summed E-state index contributed by atoms with van der Waals surface area (Å²) in [6.45, 7) is 4.08. The Balaban J connectivity index is 1.57. The number of nitrogens with one attached hydrogen (secondary N) is 1. The molecule has 1 aromatic heterocycles. The maximum atomic E-state index is 12.2. The van der Waals surface area contributed by atoms with E-state index in [1.807, 2.05) is 32.2 Å². The monoisotopic (exact) mass is 343 g/mol. The number of imidazole rings is 1. The topological polar surface area (TPSA) is 46.9 Å². The van der Waals surface area contributed by atoms with Crippen molar-refractivity contribution >= 4 is 23.4 Å². The average Bonchev–Trinajstić information content (AvgIpc) is 3.01. The molecule has 1 aromatic carbocycles. The Hall–Kier alpha value is -1.75. The number of hydrogen-bond acceptors (Lipinski definition) is 3. The zero-order chi connectivity index (χ0) is 16.9. The highest BCUT2D eigenvalue weighted by molar-refractivity contribution is 7.99. The van der Waals surface area contributed by atoms with E-state index in [0.29, 0.717) is 11.8 Å². The summed E-state index contributed by atoms with van der Waals surface area (Å²) in [5.41, 5.74) is 3.19. The predicted octanol–water partition coefficient (Wildman–Crippen LogP) is 4.74. The lowest BCUT2D eigenvalue weighted by Gasteiger charge is -2.24. The summed E-state index contributed by atoms with van der Waals surface area (Å²) in [5.74, 6) is 0.402. The van der Waals surface area contributed by atoms with E-state index in [9.17, 15) is 4.79 Å². The van der Waals surface area contributed by atoms with Crippen molar-refractivity contribution in [1.82, 2.24) is 9.55 Å². The Morgan fingerprint density at radius 1 is 1.21 bits per heavy atom. The Kier molecular flexibility index (Phi) is 5.61. The second-order valence-corrected chi connectivity index (χ2v) is 7.56. The third-order valence-electron chi connectivity index (χ3n) is 4.44. The van der Waals surface area contributed by atoms with Crippen LogP contribution in [0.3, 0.4) is 0 Å². The molecule has 1 amide bonds. The van der Waals surface area contributed by atoms with E-state index in [-0.39, 0.29) is 5.91 Å². The summed E-state index contributed by atoms with van der Waals surface area (Å²) < 4.78 is 2.26. The number of carbonyl (C=O) groups is 1. The largest absolute Gasteiger partial charge is 0.325 e. The van der Waals surface area contributed by atoms with Gasteiger partial charge in [0.15, 0.2) is 5.16 Å². The molecule has 1 saturated carbocycles. The zero-order valence-electron chi connectivity index (χ0n) is 14.4. The quantitative estimate of drug-likeness (QED) is 0.798. The smallest absolute Gasteiger partial charge is 0.234 e. The number of benzene rings is 1. The van der Waals surface area contributed by atoms with Crippen molar-refractivity contribution in [3.63, 3.8) is 0 Å². The first kappa shape index (κ1) is 17.1. The fourth-order valence-corrected chi connectivity index (χ4v) is 4.25. The molecule has 1 N–H and O–H groups in total. The van der Waals surface area contributed by atoms with Gasteiger partial charge >= 0.3 is 0 Å². The van der Waals surface area contributed by atoms with Gasteiger partial charge in [-0.05, 0) is 49.9 Å². The van der Waals surface area contributed by atoms with Gasteiger partial charge in [-0.25, -0.2) is 4.98 Å². The highest BCUT2D eigenvalue weighted by Crippen LogP contribution is 2.31. The number of thioether (sulfide) groups is 1. The number of anilines is 1. The van der Waals surface area contributed by atoms with E-state index in [0.717, 1.165) is 22.0 Å². The fraction of sp³-hybridized carbons (Fsp3) is 0.474. The van der Waals surface area contributed by atoms with Crippen molar-refractivity contribution in [2.24, 2.45) is 0 Å². The van der Waals surface area contributed by atoms with Crippen molar-refractivity contribution in [3.05, 3.63) is 41.7 Å². The maximum Gasteiger partial charge on any atom is 0.234 e. The van der Waals surface area contributed by atoms with Crippen LogP contribution in [0.25, 0.3) is 0 Å². The molecule has 0 radical (unpaired) electrons. The van der Waals surface area contributed by atoms with Gasteiger partial charge in [0.1, 0.15) is 0 Å². The third-order valence-corrected chi connectivity index (χ3v) is 5.42. The van der Waals surface area contributed by atoms with Crippen LogP contribution in [-0.4, -0.2) is 21.2 Å². The average molecular weight is 343 g/mol. The summed E-state index contributed by atoms with van der Waals surface area (Å²) >= 11 is 1.52. The second kappa shape index (κ2) is 7.88. The van der Waals surface area contributed by atoms with Gasteiger partial charge in [0, 0.05) is 24.1 Å². The van der Waals surface area contributed by atoms with Crippen molar-refractivity contribution in [2.75, 3.05) is 11.1 Å². The Morgan fingerprint density at radius 2 is 1.92 bits per heavy atom. The number of carbonyl (C=O) groups excluding carboxylic acids is 1. The predicted molar refractivity (Wildman–Crippen MR) is 99.6 cm³/mol. The van der Waals surface area contributed by atoms with E-state index < -0.39 is 0 Å². The second-order valence-electron chi connectivity index (χ2n) is 6.62. The molecule has 128 valence electrons. The number of nitrogens with zero attached hydrogens (tertiary/aromatic N) is 2. The van der Waals surface area contributed by atoms with Gasteiger partial charge in [-0.15, -0.1) is 0 Å². The number of hydrogen-bond donors (Lipinski definition) is 1. The van der Waals surface area contributed by atoms with Gasteiger partial charge in [-0.1, -0.05) is 37.1 Å². The van der Waals surface area contributed by atoms with Crippen LogP contribution in [0.5, 0.6) is 0 Å². The van der Waals surface area contributed by atoms with Gasteiger partial charge in [0.05, 0.1) is 5.75 Å². The van der Waals surface area contributed by atoms with Crippen molar-refractivity contribution in [3.8, 4) is 0 Å². The Morgan fingerprint density at radius 3 is 2.62 bits per heavy atom. The standard InChI is InChI=1S/C19H25N3OS/c1-14-10-15(2)12-16(11-14)21-18(23)13-24-19-20-8-9-22(19)17-6-4-3-5-7-17/h8-12,17H,3-7,13H2,1-2H3,(H,21,23). The van der Waals surface area contributed by atoms with Gasteiger partial charge in [0.2, 0.25) is 5.91 Å². The SMILES string of the molecule is Cc1cc(C)cc(NC(=O)CSc2nccn2C2CCCCC2)c1. The summed E-state index contributed by atoms with van der Waals surface area (Å²) in [7, 11) is 0. The molecule has 3 rings (SSSR count). The maximum absolute atomic E-state index is 12.2. The molecule has 4 nitrogen and oxygen atoms in total. The van der Waals surface area contributed by atoms with Crippen molar-refractivity contribution in [2.45, 2.75) is 57.1 Å². The summed E-state index contributed by atoms with van der Waals surface area (Å²) in [6, 6.07) is 6.65. The van der Waals surface area contributed by atoms with Gasteiger partial charge in [-0.2, -0.15) is 0 Å². The summed E-state index contributed by atoms with van der Waals surface area (Å²) in [6.07, 6.45) is 10.3. The molecule has 0 atom stereocenters. The number of rotatable bonds is 5. The molecule has 5 heteroatoms. The third kappa shape index (κ3) is 4.41. The van der Waals surface area contributed by atoms with Crippen LogP contribution in [0.4, 0.5) is 5.69 Å². The summed E-state index contributed by atoms with van der Waals surface area (Å²) in [4.78, 5) is 16.7. The highest BCUT2D eigenvalue weighted by Gasteiger charge is 2.18. The van der Waals surface area contributed by atoms with Gasteiger partial charge < -0.3 is 9.88 Å². The molecule has 0 unspecified atom stereocenters. The van der Waals surface area contributed by atoms with Crippen LogP contribution in [0.15, 0.2) is 35.7 Å². The highest BCUT2D eigenvalue weighted by atomic mass is 32.2. The van der Waals surface area contributed by atoms with E-state index in [1.165, 1.54) is 43.9 Å². The fourth-order valence-electron chi connectivity index (χ4n) is 3.42. The molecule has 0 spiro atoms. The Bertz CT molecular complexity index is 684. The molecular formula is C19H25N3OS. The van der Waals surface area contributed by atoms with Crippen LogP contribution in [0.2, 0.25) is 0 Å². The van der Waals surface area contributed by atoms with Crippen LogP contribution in [0, 0.1) is 13.8 Å². The molecule has 0 saturated heterocycles. The first-order chi connectivity index (χ1) is 11.6. The lowest BCUT2D eigenvalue weighted by Crippen LogP contribution is -2.16. The van der Waals surface area contributed by atoms with E-state index >= 15 is 0 Å². The number of aromatic nitrogens is 2. The van der Waals surface area contributed by atoms with E-state index in [4.69, 9.17) is 0 Å². The molecule has 2 aromatic rings. The van der Waals surface area contributed by atoms with Crippen LogP contribution < -0.4 is 5.32 Å². The lowest BCUT2D eigenvalue weighted by atomic mass is 9.95. The minimum atomic E-state index is 0.0168. The Labute approximate surface area is 148 Å². The van der Waals surface area contributed by atoms with E-state index in [1.54, 1.807) is 0 Å². The van der Waals surface area contributed by atoms with Gasteiger partial charge in [0.25, 0.3) is 0 Å². The summed E-state index contributed by atoms with van der Waals surface area (Å²) in [5, 5.41) is 3.94. The molecule has 0 bridgehead atoms. The molecule has 1 fully saturated rings. The first-order valence-corrected chi connectivity index (χ1v) is 9.64. The zero-order valence-corrected chi connectivity index (χ0v) is 15.2. The molecule has 1 heterocycles. The van der Waals surface area contributed by atoms with Crippen molar-refractivity contribution in [1.29, 1.82) is 0 Å². The van der Waals surface area contributed by atoms with Crippen LogP contribution >= 0.6 is 11.8 Å². The van der Waals surface area contributed by atoms with Crippen LogP contribution in [0.1, 0.15) is 49.3 Å². The normalized spacial score (nSPS) is 15.4. The molecule has 0 aliphatic heterocycles. The van der Waals surface area contributed by atoms with E-state index in [2.05, 4.69) is 27.1 Å². The minimum Gasteiger partial charge on any atom is -0.325 e. The molecular weight excluding hydrogens is 318 g/mol. The van der Waals surface area contributed by atoms with Gasteiger partial charge in [-0.3, -0.25) is 4.79 Å². The molecule has 1 aliphatic rings. The van der Waals surface area contributed by atoms with Crippen molar-refractivity contribution < 1.29 is 4.79 Å². The lowest BCUT2D eigenvalue weighted by molar-refractivity contribution is -0.113. The number of aryl methyl sites for hydroxylation is 2. The molecule has 1 aliphatic carbocycles. The number of amides is 1. The van der Waals surface area contributed by atoms with Crippen LogP contribution in [-0.2, 0) is 4.79 Å². The minimum absolute atomic E-state index is 0.0168. The first-order valence-electron chi connectivity index (χ1n) is 8.65. The molecule has 24 heavy (non-hydrogen) atoms.